The first-order chi connectivity index (χ1) is 16.7. The van der Waals surface area contributed by atoms with Crippen molar-refractivity contribution in [2.24, 2.45) is 10.9 Å². The van der Waals surface area contributed by atoms with Gasteiger partial charge in [-0.25, -0.2) is 12.8 Å². The average Bonchev–Trinajstić information content (AvgIpc) is 3.15. The van der Waals surface area contributed by atoms with E-state index in [4.69, 9.17) is 4.74 Å². The highest BCUT2D eigenvalue weighted by Crippen LogP contribution is 2.25. The quantitative estimate of drug-likeness (QED) is 0.466. The number of esters is 1. The van der Waals surface area contributed by atoms with Crippen LogP contribution in [0.2, 0.25) is 0 Å². The van der Waals surface area contributed by atoms with Crippen molar-refractivity contribution in [1.29, 1.82) is 0 Å². The Balaban J connectivity index is 1.54. The first-order valence-corrected chi connectivity index (χ1v) is 13.5. The normalized spacial score (nSPS) is 16.0. The van der Waals surface area contributed by atoms with Gasteiger partial charge in [-0.15, -0.1) is 0 Å². The molecule has 0 unspecified atom stereocenters. The fourth-order valence-corrected chi connectivity index (χ4v) is 6.64. The molecule has 0 bridgehead atoms. The molecule has 0 saturated carbocycles. The molecule has 1 aliphatic rings. The summed E-state index contributed by atoms with van der Waals surface area (Å²) < 4.78 is 47.9. The molecule has 0 N–H and O–H groups in total. The Morgan fingerprint density at radius 2 is 1.83 bits per heavy atom. The van der Waals surface area contributed by atoms with Crippen molar-refractivity contribution in [3.05, 3.63) is 58.6 Å². The molecule has 0 spiro atoms. The largest absolute Gasteiger partial charge is 0.465 e. The van der Waals surface area contributed by atoms with Gasteiger partial charge in [0.15, 0.2) is 4.80 Å². The van der Waals surface area contributed by atoms with Gasteiger partial charge in [0.05, 0.1) is 21.7 Å². The molecule has 11 heteroatoms. The Bertz CT molecular complexity index is 1420. The number of rotatable bonds is 6. The second kappa shape index (κ2) is 10.4. The molecule has 2 aromatic carbocycles. The van der Waals surface area contributed by atoms with E-state index in [0.717, 1.165) is 27.9 Å². The maximum absolute atomic E-state index is 13.2. The summed E-state index contributed by atoms with van der Waals surface area (Å²) in [5.74, 6) is -1.70. The van der Waals surface area contributed by atoms with Gasteiger partial charge in [-0.1, -0.05) is 17.4 Å². The molecular weight excluding hydrogens is 493 g/mol. The number of halogens is 1. The van der Waals surface area contributed by atoms with Crippen LogP contribution >= 0.6 is 11.3 Å². The molecule has 1 fully saturated rings. The van der Waals surface area contributed by atoms with Crippen LogP contribution in [-0.2, 0) is 30.9 Å². The van der Waals surface area contributed by atoms with Crippen LogP contribution in [0.5, 0.6) is 0 Å². The highest BCUT2D eigenvalue weighted by Gasteiger charge is 2.32. The highest BCUT2D eigenvalue weighted by atomic mass is 32.2. The van der Waals surface area contributed by atoms with Gasteiger partial charge >= 0.3 is 5.97 Å². The summed E-state index contributed by atoms with van der Waals surface area (Å²) in [6, 6.07) is 10.5. The first kappa shape index (κ1) is 25.2. The van der Waals surface area contributed by atoms with E-state index in [1.165, 1.54) is 27.8 Å². The molecule has 0 atom stereocenters. The summed E-state index contributed by atoms with van der Waals surface area (Å²) in [6.45, 7) is 4.22. The Morgan fingerprint density at radius 1 is 1.14 bits per heavy atom. The van der Waals surface area contributed by atoms with Crippen molar-refractivity contribution < 1.29 is 27.1 Å². The lowest BCUT2D eigenvalue weighted by Gasteiger charge is -2.29. The van der Waals surface area contributed by atoms with Crippen molar-refractivity contribution in [2.75, 3.05) is 19.7 Å². The number of hydrogen-bond acceptors (Lipinski definition) is 6. The number of piperidine rings is 1. The minimum atomic E-state index is -3.76. The minimum absolute atomic E-state index is 0.0222. The highest BCUT2D eigenvalue weighted by molar-refractivity contribution is 7.89. The van der Waals surface area contributed by atoms with Crippen molar-refractivity contribution in [1.82, 2.24) is 8.87 Å². The first-order valence-electron chi connectivity index (χ1n) is 11.3. The lowest BCUT2D eigenvalue weighted by molar-refractivity contribution is -0.143. The number of fused-ring (bicyclic) bond motifs is 1. The summed E-state index contributed by atoms with van der Waals surface area (Å²) in [5, 5.41) is 0. The molecule has 3 aromatic rings. The molecule has 1 aliphatic heterocycles. The van der Waals surface area contributed by atoms with Crippen LogP contribution in [0.25, 0.3) is 10.2 Å². The summed E-state index contributed by atoms with van der Waals surface area (Å²) in [6.07, 6.45) is 0.648. The van der Waals surface area contributed by atoms with E-state index in [0.29, 0.717) is 17.6 Å². The number of aromatic nitrogens is 1. The van der Waals surface area contributed by atoms with Crippen LogP contribution in [0.1, 0.15) is 25.3 Å². The van der Waals surface area contributed by atoms with Gasteiger partial charge in [-0.2, -0.15) is 9.30 Å². The number of benzene rings is 2. The molecule has 0 aliphatic carbocycles. The van der Waals surface area contributed by atoms with E-state index in [9.17, 15) is 22.4 Å². The summed E-state index contributed by atoms with van der Waals surface area (Å²) in [5.41, 5.74) is 1.84. The maximum Gasteiger partial charge on any atom is 0.326 e. The standard InChI is InChI=1S/C24H26FN3O5S2/c1-3-33-22(29)15-28-20-9-4-16(2)14-21(20)34-24(28)26-23(30)17-10-12-27(13-11-17)35(31,32)19-7-5-18(25)6-8-19/h4-9,14,17H,3,10-13,15H2,1-2H3. The summed E-state index contributed by atoms with van der Waals surface area (Å²) >= 11 is 1.32. The second-order valence-corrected chi connectivity index (χ2v) is 11.3. The number of hydrogen-bond donors (Lipinski definition) is 0. The van der Waals surface area contributed by atoms with Gasteiger partial charge in [0.1, 0.15) is 12.4 Å². The number of ether oxygens (including phenoxy) is 1. The van der Waals surface area contributed by atoms with Crippen LogP contribution in [0.3, 0.4) is 0 Å². The third-order valence-corrected chi connectivity index (χ3v) is 8.85. The van der Waals surface area contributed by atoms with Gasteiger partial charge in [0.2, 0.25) is 10.0 Å². The van der Waals surface area contributed by atoms with Crippen molar-refractivity contribution in [2.45, 2.75) is 38.1 Å². The SMILES string of the molecule is CCOC(=O)Cn1c(=NC(=O)C2CCN(S(=O)(=O)c3ccc(F)cc3)CC2)sc2cc(C)ccc21. The lowest BCUT2D eigenvalue weighted by Crippen LogP contribution is -2.40. The van der Waals surface area contributed by atoms with E-state index in [1.807, 2.05) is 25.1 Å². The minimum Gasteiger partial charge on any atom is -0.465 e. The Kier molecular flexibility index (Phi) is 7.48. The number of aryl methyl sites for hydroxylation is 1. The topological polar surface area (TPSA) is 98.0 Å². The summed E-state index contributed by atoms with van der Waals surface area (Å²) in [7, 11) is -3.76. The Morgan fingerprint density at radius 3 is 2.49 bits per heavy atom. The zero-order valence-corrected chi connectivity index (χ0v) is 21.1. The molecule has 8 nitrogen and oxygen atoms in total. The van der Waals surface area contributed by atoms with E-state index in [2.05, 4.69) is 4.99 Å². The predicted octanol–water partition coefficient (Wildman–Crippen LogP) is 3.24. The molecule has 1 saturated heterocycles. The number of nitrogens with zero attached hydrogens (tertiary/aromatic N) is 3. The van der Waals surface area contributed by atoms with Crippen molar-refractivity contribution in [3.63, 3.8) is 0 Å². The van der Waals surface area contributed by atoms with Crippen molar-refractivity contribution in [3.8, 4) is 0 Å². The number of sulfonamides is 1. The van der Waals surface area contributed by atoms with E-state index in [1.54, 1.807) is 11.5 Å². The van der Waals surface area contributed by atoms with Gasteiger partial charge in [0.25, 0.3) is 5.91 Å². The van der Waals surface area contributed by atoms with Crippen LogP contribution in [0.15, 0.2) is 52.4 Å². The second-order valence-electron chi connectivity index (χ2n) is 8.33. The molecule has 35 heavy (non-hydrogen) atoms. The van der Waals surface area contributed by atoms with Gasteiger partial charge in [-0.05, 0) is 68.7 Å². The molecular formula is C24H26FN3O5S2. The van der Waals surface area contributed by atoms with Gasteiger partial charge in [0, 0.05) is 19.0 Å². The zero-order valence-electron chi connectivity index (χ0n) is 19.4. The summed E-state index contributed by atoms with van der Waals surface area (Å²) in [4.78, 5) is 30.0. The van der Waals surface area contributed by atoms with E-state index < -0.39 is 27.7 Å². The third-order valence-electron chi connectivity index (χ3n) is 5.89. The fourth-order valence-electron chi connectivity index (χ4n) is 4.04. The van der Waals surface area contributed by atoms with E-state index in [-0.39, 0.29) is 37.0 Å². The number of carbonyl (C=O) groups excluding carboxylic acids is 2. The van der Waals surface area contributed by atoms with Crippen molar-refractivity contribution >= 4 is 43.5 Å². The predicted molar refractivity (Wildman–Crippen MR) is 130 cm³/mol. The smallest absolute Gasteiger partial charge is 0.326 e. The Hall–Kier alpha value is -2.89. The average molecular weight is 520 g/mol. The lowest BCUT2D eigenvalue weighted by atomic mass is 9.98. The molecule has 0 radical (unpaired) electrons. The molecule has 4 rings (SSSR count). The number of thiazole rings is 1. The zero-order chi connectivity index (χ0) is 25.2. The molecule has 1 amide bonds. The third kappa shape index (κ3) is 5.52. The van der Waals surface area contributed by atoms with E-state index >= 15 is 0 Å². The molecule has 186 valence electrons. The number of carbonyl (C=O) groups is 2. The monoisotopic (exact) mass is 519 g/mol. The van der Waals surface area contributed by atoms with Crippen LogP contribution < -0.4 is 4.80 Å². The fraction of sp³-hybridized carbons (Fsp3) is 0.375. The molecule has 2 heterocycles. The molecule has 1 aromatic heterocycles. The van der Waals surface area contributed by atoms with Crippen LogP contribution in [-0.4, -0.2) is 48.9 Å². The van der Waals surface area contributed by atoms with Crippen LogP contribution in [0.4, 0.5) is 4.39 Å². The van der Waals surface area contributed by atoms with Gasteiger partial charge in [-0.3, -0.25) is 9.59 Å². The number of amides is 1. The van der Waals surface area contributed by atoms with Crippen LogP contribution in [0, 0.1) is 18.7 Å². The maximum atomic E-state index is 13.2. The van der Waals surface area contributed by atoms with Gasteiger partial charge < -0.3 is 9.30 Å². The Labute approximate surface area is 206 Å².